The van der Waals surface area contributed by atoms with Crippen LogP contribution in [0, 0.1) is 0 Å². The molecule has 2 unspecified atom stereocenters. The molecule has 2 N–H and O–H groups in total. The minimum atomic E-state index is -3.06. The average molecular weight is 312 g/mol. The third kappa shape index (κ3) is 5.39. The van der Waals surface area contributed by atoms with Crippen molar-refractivity contribution in [3.05, 3.63) is 35.9 Å². The topological polar surface area (TPSA) is 69.6 Å². The summed E-state index contributed by atoms with van der Waals surface area (Å²) in [4.78, 5) is 2.23. The Morgan fingerprint density at radius 1 is 1.29 bits per heavy atom. The highest BCUT2D eigenvalue weighted by Gasteiger charge is 2.35. The molecule has 1 saturated heterocycles. The standard InChI is InChI=1S/C15H24N2O3S/c1-17(10-13-6-3-2-4-7-13)9-5-8-16-14-11-21(19,20)12-15(14)18/h2-4,6-7,14-16,18H,5,8-12H2,1H3. The van der Waals surface area contributed by atoms with E-state index in [1.54, 1.807) is 0 Å². The van der Waals surface area contributed by atoms with E-state index in [4.69, 9.17) is 0 Å². The molecule has 0 amide bonds. The number of aliphatic hydroxyl groups is 1. The van der Waals surface area contributed by atoms with E-state index in [0.717, 1.165) is 26.1 Å². The molecular formula is C15H24N2O3S. The van der Waals surface area contributed by atoms with E-state index in [2.05, 4.69) is 29.4 Å². The van der Waals surface area contributed by atoms with Crippen LogP contribution in [-0.4, -0.2) is 62.2 Å². The molecule has 1 fully saturated rings. The van der Waals surface area contributed by atoms with Crippen molar-refractivity contribution < 1.29 is 13.5 Å². The predicted molar refractivity (Wildman–Crippen MR) is 83.8 cm³/mol. The van der Waals surface area contributed by atoms with Gasteiger partial charge in [0.1, 0.15) is 0 Å². The second-order valence-corrected chi connectivity index (χ2v) is 7.94. The lowest BCUT2D eigenvalue weighted by Gasteiger charge is -2.18. The first-order chi connectivity index (χ1) is 9.96. The Bertz CT molecular complexity index is 533. The van der Waals surface area contributed by atoms with Crippen LogP contribution < -0.4 is 5.32 Å². The van der Waals surface area contributed by atoms with Gasteiger partial charge in [-0.15, -0.1) is 0 Å². The first-order valence-corrected chi connectivity index (χ1v) is 9.13. The normalized spacial score (nSPS) is 24.5. The first-order valence-electron chi connectivity index (χ1n) is 7.30. The number of hydrogen-bond acceptors (Lipinski definition) is 5. The van der Waals surface area contributed by atoms with Crippen molar-refractivity contribution in [1.82, 2.24) is 10.2 Å². The highest BCUT2D eigenvalue weighted by Crippen LogP contribution is 2.12. The summed E-state index contributed by atoms with van der Waals surface area (Å²) in [5, 5.41) is 12.8. The number of rotatable bonds is 7. The number of aliphatic hydroxyl groups excluding tert-OH is 1. The molecular weight excluding hydrogens is 288 g/mol. The van der Waals surface area contributed by atoms with E-state index in [9.17, 15) is 13.5 Å². The fraction of sp³-hybridized carbons (Fsp3) is 0.600. The van der Waals surface area contributed by atoms with Gasteiger partial charge in [-0.2, -0.15) is 0 Å². The summed E-state index contributed by atoms with van der Waals surface area (Å²) in [5.41, 5.74) is 1.28. The van der Waals surface area contributed by atoms with Crippen LogP contribution in [0.5, 0.6) is 0 Å². The number of nitrogens with zero attached hydrogens (tertiary/aromatic N) is 1. The van der Waals surface area contributed by atoms with Crippen LogP contribution in [0.15, 0.2) is 30.3 Å². The van der Waals surface area contributed by atoms with Crippen LogP contribution >= 0.6 is 0 Å². The fourth-order valence-electron chi connectivity index (χ4n) is 2.63. The molecule has 1 aliphatic heterocycles. The zero-order valence-electron chi connectivity index (χ0n) is 12.4. The first kappa shape index (κ1) is 16.4. The molecule has 0 aliphatic carbocycles. The maximum absolute atomic E-state index is 11.4. The molecule has 0 bridgehead atoms. The van der Waals surface area contributed by atoms with Crippen molar-refractivity contribution >= 4 is 9.84 Å². The summed E-state index contributed by atoms with van der Waals surface area (Å²) in [6.45, 7) is 2.55. The molecule has 1 aromatic carbocycles. The van der Waals surface area contributed by atoms with Crippen molar-refractivity contribution in [1.29, 1.82) is 0 Å². The molecule has 1 aromatic rings. The Morgan fingerprint density at radius 3 is 2.62 bits per heavy atom. The van der Waals surface area contributed by atoms with E-state index in [1.807, 2.05) is 18.2 Å². The van der Waals surface area contributed by atoms with Crippen LogP contribution in [0.25, 0.3) is 0 Å². The minimum Gasteiger partial charge on any atom is -0.390 e. The zero-order chi connectivity index (χ0) is 15.3. The Labute approximate surface area is 126 Å². The Balaban J connectivity index is 1.64. The van der Waals surface area contributed by atoms with Gasteiger partial charge >= 0.3 is 0 Å². The van der Waals surface area contributed by atoms with Crippen LogP contribution in [0.4, 0.5) is 0 Å². The summed E-state index contributed by atoms with van der Waals surface area (Å²) < 4.78 is 22.8. The quantitative estimate of drug-likeness (QED) is 0.707. The lowest BCUT2D eigenvalue weighted by Crippen LogP contribution is -2.40. The zero-order valence-corrected chi connectivity index (χ0v) is 13.2. The second-order valence-electron chi connectivity index (χ2n) is 5.78. The highest BCUT2D eigenvalue weighted by atomic mass is 32.2. The van der Waals surface area contributed by atoms with Crippen molar-refractivity contribution in [2.75, 3.05) is 31.6 Å². The SMILES string of the molecule is CN(CCCNC1CS(=O)(=O)CC1O)Cc1ccccc1. The van der Waals surface area contributed by atoms with E-state index in [1.165, 1.54) is 5.56 Å². The van der Waals surface area contributed by atoms with Crippen molar-refractivity contribution in [3.63, 3.8) is 0 Å². The maximum atomic E-state index is 11.4. The number of sulfone groups is 1. The van der Waals surface area contributed by atoms with Crippen LogP contribution in [0.2, 0.25) is 0 Å². The molecule has 6 heteroatoms. The lowest BCUT2D eigenvalue weighted by atomic mass is 10.2. The average Bonchev–Trinajstić information content (AvgIpc) is 2.68. The minimum absolute atomic E-state index is 0.0496. The summed E-state index contributed by atoms with van der Waals surface area (Å²) in [7, 11) is -0.990. The molecule has 1 heterocycles. The molecule has 0 saturated carbocycles. The summed E-state index contributed by atoms with van der Waals surface area (Å²) >= 11 is 0. The Morgan fingerprint density at radius 2 is 2.00 bits per heavy atom. The molecule has 0 radical (unpaired) electrons. The van der Waals surface area contributed by atoms with E-state index < -0.39 is 15.9 Å². The van der Waals surface area contributed by atoms with Gasteiger partial charge in [-0.05, 0) is 32.1 Å². The third-order valence-corrected chi connectivity index (χ3v) is 5.46. The molecule has 0 spiro atoms. The lowest BCUT2D eigenvalue weighted by molar-refractivity contribution is 0.165. The number of hydrogen-bond donors (Lipinski definition) is 2. The summed E-state index contributed by atoms with van der Waals surface area (Å²) in [6, 6.07) is 9.98. The van der Waals surface area contributed by atoms with Gasteiger partial charge in [0, 0.05) is 12.6 Å². The smallest absolute Gasteiger partial charge is 0.154 e. The van der Waals surface area contributed by atoms with Gasteiger partial charge in [-0.25, -0.2) is 8.42 Å². The maximum Gasteiger partial charge on any atom is 0.154 e. The molecule has 118 valence electrons. The summed E-state index contributed by atoms with van der Waals surface area (Å²) in [6.07, 6.45) is 0.157. The van der Waals surface area contributed by atoms with Gasteiger partial charge in [0.05, 0.1) is 17.6 Å². The molecule has 2 rings (SSSR count). The molecule has 1 aliphatic rings. The van der Waals surface area contributed by atoms with Gasteiger partial charge in [0.2, 0.25) is 0 Å². The van der Waals surface area contributed by atoms with Gasteiger partial charge < -0.3 is 15.3 Å². The van der Waals surface area contributed by atoms with Crippen molar-refractivity contribution in [2.45, 2.75) is 25.1 Å². The molecule has 5 nitrogen and oxygen atoms in total. The highest BCUT2D eigenvalue weighted by molar-refractivity contribution is 7.91. The van der Waals surface area contributed by atoms with Crippen molar-refractivity contribution in [2.24, 2.45) is 0 Å². The Hall–Kier alpha value is -0.950. The second kappa shape index (κ2) is 7.35. The molecule has 21 heavy (non-hydrogen) atoms. The monoisotopic (exact) mass is 312 g/mol. The molecule has 2 atom stereocenters. The van der Waals surface area contributed by atoms with E-state index in [0.29, 0.717) is 0 Å². The van der Waals surface area contributed by atoms with Crippen LogP contribution in [0.1, 0.15) is 12.0 Å². The molecule has 0 aromatic heterocycles. The predicted octanol–water partition coefficient (Wildman–Crippen LogP) is 0.256. The largest absolute Gasteiger partial charge is 0.390 e. The van der Waals surface area contributed by atoms with E-state index >= 15 is 0 Å². The Kier molecular flexibility index (Phi) is 5.75. The summed E-state index contributed by atoms with van der Waals surface area (Å²) in [5.74, 6) is -0.0629. The van der Waals surface area contributed by atoms with Gasteiger partial charge in [0.25, 0.3) is 0 Å². The fourth-order valence-corrected chi connectivity index (χ4v) is 4.41. The van der Waals surface area contributed by atoms with Crippen LogP contribution in [-0.2, 0) is 16.4 Å². The van der Waals surface area contributed by atoms with Crippen LogP contribution in [0.3, 0.4) is 0 Å². The van der Waals surface area contributed by atoms with Gasteiger partial charge in [-0.1, -0.05) is 30.3 Å². The van der Waals surface area contributed by atoms with Crippen molar-refractivity contribution in [3.8, 4) is 0 Å². The van der Waals surface area contributed by atoms with Gasteiger partial charge in [-0.3, -0.25) is 0 Å². The number of nitrogens with one attached hydrogen (secondary N) is 1. The third-order valence-electron chi connectivity index (χ3n) is 3.74. The number of benzene rings is 1. The van der Waals surface area contributed by atoms with Gasteiger partial charge in [0.15, 0.2) is 9.84 Å². The van der Waals surface area contributed by atoms with E-state index in [-0.39, 0.29) is 17.5 Å².